The zero-order chi connectivity index (χ0) is 68.7. The molecule has 6 fully saturated rings. The van der Waals surface area contributed by atoms with Crippen LogP contribution < -0.4 is 0 Å². The fourth-order valence-corrected chi connectivity index (χ4v) is 20.4. The summed E-state index contributed by atoms with van der Waals surface area (Å²) in [5, 5.41) is 10.1. The molecule has 6 rings (SSSR count). The third-order valence-electron chi connectivity index (χ3n) is 28.4. The van der Waals surface area contributed by atoms with Gasteiger partial charge in [0.2, 0.25) is 0 Å². The first-order valence-corrected chi connectivity index (χ1v) is 44.2. The van der Waals surface area contributed by atoms with E-state index >= 15 is 0 Å². The maximum Gasteiger partial charge on any atom is 0.104 e. The fraction of sp³-hybridized carbons (Fsp3) is 1.00. The zero-order valence-corrected chi connectivity index (χ0v) is 66.8. The van der Waals surface area contributed by atoms with Gasteiger partial charge in [0, 0.05) is 33.0 Å². The van der Waals surface area contributed by atoms with Crippen LogP contribution in [0.3, 0.4) is 0 Å². The van der Waals surface area contributed by atoms with Gasteiger partial charge in [0.25, 0.3) is 0 Å². The van der Waals surface area contributed by atoms with E-state index in [1.54, 1.807) is 0 Å². The van der Waals surface area contributed by atoms with Crippen LogP contribution in [0.4, 0.5) is 0 Å². The highest BCUT2D eigenvalue weighted by Crippen LogP contribution is 2.45. The molecule has 0 aromatic heterocycles. The highest BCUT2D eigenvalue weighted by Gasteiger charge is 2.33. The minimum Gasteiger partial charge on any atom is -0.394 e. The Labute approximate surface area is 600 Å². The third kappa shape index (κ3) is 36.5. The Morgan fingerprint density at radius 3 is 0.823 bits per heavy atom. The van der Waals surface area contributed by atoms with Gasteiger partial charge in [-0.25, -0.2) is 0 Å². The molecule has 2 aliphatic heterocycles. The van der Waals surface area contributed by atoms with Crippen LogP contribution in [0.1, 0.15) is 378 Å². The molecule has 22 atom stereocenters. The molecule has 566 valence electrons. The summed E-state index contributed by atoms with van der Waals surface area (Å²) in [6, 6.07) is 0. The van der Waals surface area contributed by atoms with Crippen molar-refractivity contribution in [3.63, 3.8) is 0 Å². The Bertz CT molecular complexity index is 1840. The molecule has 8 bridgehead atoms. The van der Waals surface area contributed by atoms with Gasteiger partial charge >= 0.3 is 0 Å². The van der Waals surface area contributed by atoms with Crippen molar-refractivity contribution in [2.45, 2.75) is 391 Å². The maximum atomic E-state index is 10.1. The summed E-state index contributed by atoms with van der Waals surface area (Å²) in [7, 11) is 0. The van der Waals surface area contributed by atoms with Crippen molar-refractivity contribution in [2.75, 3.05) is 65.9 Å². The lowest BCUT2D eigenvalue weighted by Crippen LogP contribution is -2.35. The summed E-state index contributed by atoms with van der Waals surface area (Å²) in [6.45, 7) is 38.6. The molecule has 2 saturated heterocycles. The highest BCUT2D eigenvalue weighted by molar-refractivity contribution is 4.84. The van der Waals surface area contributed by atoms with Crippen LogP contribution in [0.15, 0.2) is 0 Å². The van der Waals surface area contributed by atoms with Gasteiger partial charge in [-0.3, -0.25) is 0 Å². The largest absolute Gasteiger partial charge is 0.394 e. The Balaban J connectivity index is 0.863. The summed E-state index contributed by atoms with van der Waals surface area (Å²) in [5.74, 6) is 17.7. The van der Waals surface area contributed by atoms with Crippen LogP contribution in [0.2, 0.25) is 0 Å². The number of ether oxygens (including phenoxy) is 4. The molecule has 0 aromatic rings. The van der Waals surface area contributed by atoms with Crippen molar-refractivity contribution in [3.8, 4) is 0 Å². The van der Waals surface area contributed by atoms with E-state index in [0.29, 0.717) is 18.4 Å². The molecular weight excluding hydrogens is 1170 g/mol. The molecule has 1 N–H and O–H groups in total. The number of nitrogens with zero attached hydrogens (tertiary/aromatic N) is 1. The zero-order valence-electron chi connectivity index (χ0n) is 66.8. The lowest BCUT2D eigenvalue weighted by Gasteiger charge is -2.25. The molecule has 96 heavy (non-hydrogen) atoms. The van der Waals surface area contributed by atoms with Crippen molar-refractivity contribution < 1.29 is 24.1 Å². The van der Waals surface area contributed by atoms with E-state index in [1.807, 2.05) is 0 Å². The second-order valence-electron chi connectivity index (χ2n) is 37.6. The summed E-state index contributed by atoms with van der Waals surface area (Å²) in [4.78, 5) is 2.64. The summed E-state index contributed by atoms with van der Waals surface area (Å²) in [6.07, 6.45) is 64.8. The summed E-state index contributed by atoms with van der Waals surface area (Å²) in [5.41, 5.74) is 0. The molecule has 0 radical (unpaired) electrons. The first-order valence-electron chi connectivity index (χ1n) is 44.2. The fourth-order valence-electron chi connectivity index (χ4n) is 20.4. The van der Waals surface area contributed by atoms with Crippen molar-refractivity contribution in [3.05, 3.63) is 0 Å². The summed E-state index contributed by atoms with van der Waals surface area (Å²) >= 11 is 0. The van der Waals surface area contributed by atoms with Gasteiger partial charge < -0.3 is 29.0 Å². The van der Waals surface area contributed by atoms with Gasteiger partial charge in [-0.05, 0) is 221 Å². The lowest BCUT2D eigenvalue weighted by atomic mass is 9.84. The van der Waals surface area contributed by atoms with Gasteiger partial charge in [-0.15, -0.1) is 0 Å². The van der Waals surface area contributed by atoms with Gasteiger partial charge in [0.05, 0.1) is 25.9 Å². The Morgan fingerprint density at radius 1 is 0.260 bits per heavy atom. The van der Waals surface area contributed by atoms with Gasteiger partial charge in [-0.2, -0.15) is 0 Å². The van der Waals surface area contributed by atoms with Gasteiger partial charge in [-0.1, -0.05) is 289 Å². The van der Waals surface area contributed by atoms with Gasteiger partial charge in [0.1, 0.15) is 6.10 Å². The van der Waals surface area contributed by atoms with E-state index in [4.69, 9.17) is 18.9 Å². The van der Waals surface area contributed by atoms with Crippen molar-refractivity contribution in [2.24, 2.45) is 118 Å². The summed E-state index contributed by atoms with van der Waals surface area (Å²) < 4.78 is 25.5. The van der Waals surface area contributed by atoms with Crippen molar-refractivity contribution >= 4 is 0 Å². The third-order valence-corrected chi connectivity index (χ3v) is 28.4. The van der Waals surface area contributed by atoms with E-state index in [1.165, 1.54) is 296 Å². The molecule has 6 aliphatic rings. The number of rotatable bonds is 3. The van der Waals surface area contributed by atoms with Crippen LogP contribution in [-0.4, -0.2) is 88.1 Å². The number of hydrogen-bond donors (Lipinski definition) is 1. The maximum absolute atomic E-state index is 10.1. The molecular formula is C90H171NO5. The number of likely N-dealkylation sites (tertiary alicyclic amines) is 1. The molecule has 0 aromatic carbocycles. The van der Waals surface area contributed by atoms with Crippen LogP contribution >= 0.6 is 0 Å². The SMILES string of the molecule is CC1CCCC2CCC(C2)C(C)CCCC(C)CCC(C)CCCC(C)C2CCC(CCCC(C)CCOCC(CN3CCCC3)OCCC(C)CCCC3CCC(C3)C(C)CCCC(C)CCC(C)CCCC(C)C3CCC(CCCC(C)CCOC(CO)COCC1)C3)C2. The highest BCUT2D eigenvalue weighted by atomic mass is 16.5. The number of fused-ring (bicyclic) bond motifs is 8. The number of hydrogen-bond acceptors (Lipinski definition) is 6. The number of aliphatic hydroxyl groups excluding tert-OH is 1. The van der Waals surface area contributed by atoms with Crippen LogP contribution in [-0.2, 0) is 18.9 Å². The minimum atomic E-state index is -0.192. The lowest BCUT2D eigenvalue weighted by molar-refractivity contribution is -0.0471. The van der Waals surface area contributed by atoms with Crippen LogP contribution in [0, 0.1) is 118 Å². The Kier molecular flexibility index (Phi) is 44.3. The first kappa shape index (κ1) is 84.7. The van der Waals surface area contributed by atoms with E-state index < -0.39 is 0 Å². The topological polar surface area (TPSA) is 60.4 Å². The van der Waals surface area contributed by atoms with Crippen molar-refractivity contribution in [1.82, 2.24) is 4.90 Å². The molecule has 6 heteroatoms. The average Bonchev–Trinajstić information content (AvgIpc) is 2.03. The molecule has 2 heterocycles. The van der Waals surface area contributed by atoms with E-state index in [9.17, 15) is 5.11 Å². The van der Waals surface area contributed by atoms with E-state index in [2.05, 4.69) is 88.0 Å². The Morgan fingerprint density at radius 2 is 0.521 bits per heavy atom. The van der Waals surface area contributed by atoms with Crippen LogP contribution in [0.25, 0.3) is 0 Å². The monoisotopic (exact) mass is 1350 g/mol. The second-order valence-corrected chi connectivity index (χ2v) is 37.6. The van der Waals surface area contributed by atoms with E-state index in [-0.39, 0.29) is 18.8 Å². The Hall–Kier alpha value is -0.240. The molecule has 6 nitrogen and oxygen atoms in total. The van der Waals surface area contributed by atoms with E-state index in [0.717, 1.165) is 159 Å². The van der Waals surface area contributed by atoms with Crippen LogP contribution in [0.5, 0.6) is 0 Å². The quantitative estimate of drug-likeness (QED) is 0.304. The molecule has 4 saturated carbocycles. The predicted octanol–water partition coefficient (Wildman–Crippen LogP) is 25.7. The van der Waals surface area contributed by atoms with Crippen molar-refractivity contribution in [1.29, 1.82) is 0 Å². The standard InChI is InChI=1S/C90H171NO5/c1-69-23-15-31-77(9)85-47-43-81(61-85)35-19-27-73(5)51-57-93-67-89(65-91-55-13-14-56-91)95-59-53-75(7)29-21-37-83-45-49-87(63-83)79(11)33-17-25-71(3)41-42-72(4)26-18-34-80(12)88-50-46-84(64-88)38-22-30-76(8)54-60-96-90(66-92)68-94-58-52-74(6)28-20-36-82-44-48-86(62-82)78(10)32-16-24-70(2)40-39-69/h69-90,92H,13-68H2,1-12H3. The molecule has 0 spiro atoms. The molecule has 22 unspecified atom stereocenters. The molecule has 4 aliphatic carbocycles. The first-order chi connectivity index (χ1) is 46.5. The number of aliphatic hydroxyl groups is 1. The second kappa shape index (κ2) is 50.2. The average molecular weight is 1350 g/mol. The predicted molar refractivity (Wildman–Crippen MR) is 415 cm³/mol. The smallest absolute Gasteiger partial charge is 0.104 e. The minimum absolute atomic E-state index is 0.0543. The molecule has 0 amide bonds. The normalized spacial score (nSPS) is 40.5. The van der Waals surface area contributed by atoms with Gasteiger partial charge in [0.15, 0.2) is 0 Å².